The van der Waals surface area contributed by atoms with Crippen molar-refractivity contribution in [3.63, 3.8) is 0 Å². The van der Waals surface area contributed by atoms with E-state index in [1.807, 2.05) is 18.2 Å². The van der Waals surface area contributed by atoms with Gasteiger partial charge in [-0.2, -0.15) is 0 Å². The quantitative estimate of drug-likeness (QED) is 0.719. The number of aromatic nitrogens is 1. The third kappa shape index (κ3) is 4.13. The molecule has 0 bridgehead atoms. The van der Waals surface area contributed by atoms with Gasteiger partial charge in [0.15, 0.2) is 0 Å². The van der Waals surface area contributed by atoms with Crippen LogP contribution >= 0.6 is 0 Å². The van der Waals surface area contributed by atoms with Crippen LogP contribution in [0, 0.1) is 0 Å². The summed E-state index contributed by atoms with van der Waals surface area (Å²) in [5, 5.41) is 0. The Bertz CT molecular complexity index is 292. The number of hydrogen-bond donors (Lipinski definition) is 1. The van der Waals surface area contributed by atoms with E-state index in [4.69, 9.17) is 5.73 Å². The van der Waals surface area contributed by atoms with E-state index in [9.17, 15) is 0 Å². The van der Waals surface area contributed by atoms with Crippen LogP contribution in [-0.4, -0.2) is 29.5 Å². The van der Waals surface area contributed by atoms with Gasteiger partial charge in [-0.15, -0.1) is 6.58 Å². The summed E-state index contributed by atoms with van der Waals surface area (Å²) in [5.74, 6) is 0. The number of hydrogen-bond acceptors (Lipinski definition) is 3. The van der Waals surface area contributed by atoms with E-state index in [0.29, 0.717) is 0 Å². The zero-order valence-electron chi connectivity index (χ0n) is 9.32. The highest BCUT2D eigenvalue weighted by atomic mass is 15.1. The number of likely N-dealkylation sites (N-methyl/N-ethyl adjacent to an activating group) is 1. The van der Waals surface area contributed by atoms with E-state index >= 15 is 0 Å². The second-order valence-corrected chi connectivity index (χ2v) is 3.51. The lowest BCUT2D eigenvalue weighted by Crippen LogP contribution is -2.26. The molecular weight excluding hydrogens is 186 g/mol. The second kappa shape index (κ2) is 6.19. The van der Waals surface area contributed by atoms with Crippen LogP contribution in [0.2, 0.25) is 0 Å². The fourth-order valence-electron chi connectivity index (χ4n) is 1.42. The number of anilines is 1. The Kier molecular flexibility index (Phi) is 4.84. The molecule has 0 unspecified atom stereocenters. The van der Waals surface area contributed by atoms with Crippen molar-refractivity contribution in [3.8, 4) is 0 Å². The van der Waals surface area contributed by atoms with Crippen LogP contribution in [0.5, 0.6) is 0 Å². The molecule has 82 valence electrons. The topological polar surface area (TPSA) is 42.1 Å². The molecule has 1 heterocycles. The molecule has 15 heavy (non-hydrogen) atoms. The predicted octanol–water partition coefficient (Wildman–Crippen LogP) is 1.71. The first kappa shape index (κ1) is 11.7. The zero-order valence-corrected chi connectivity index (χ0v) is 9.32. The van der Waals surface area contributed by atoms with Crippen molar-refractivity contribution in [1.82, 2.24) is 9.88 Å². The first-order valence-corrected chi connectivity index (χ1v) is 5.30. The van der Waals surface area contributed by atoms with Crippen molar-refractivity contribution in [3.05, 3.63) is 36.7 Å². The summed E-state index contributed by atoms with van der Waals surface area (Å²) < 4.78 is 0. The molecule has 0 radical (unpaired) electrons. The van der Waals surface area contributed by atoms with E-state index in [-0.39, 0.29) is 0 Å². The Morgan fingerprint density at radius 1 is 1.53 bits per heavy atom. The van der Waals surface area contributed by atoms with E-state index < -0.39 is 0 Å². The van der Waals surface area contributed by atoms with Gasteiger partial charge in [0.05, 0.1) is 11.9 Å². The highest BCUT2D eigenvalue weighted by Gasteiger charge is 2.01. The molecule has 0 saturated carbocycles. The summed E-state index contributed by atoms with van der Waals surface area (Å²) in [6.07, 6.45) is 4.60. The number of nitrogens with zero attached hydrogens (tertiary/aromatic N) is 2. The first-order valence-electron chi connectivity index (χ1n) is 5.30. The molecule has 0 saturated heterocycles. The largest absolute Gasteiger partial charge is 0.397 e. The van der Waals surface area contributed by atoms with Crippen LogP contribution < -0.4 is 5.73 Å². The van der Waals surface area contributed by atoms with Gasteiger partial charge in [-0.3, -0.25) is 9.88 Å². The average molecular weight is 205 g/mol. The number of nitrogen functional groups attached to an aromatic ring is 1. The van der Waals surface area contributed by atoms with Crippen LogP contribution in [0.25, 0.3) is 0 Å². The predicted molar refractivity (Wildman–Crippen MR) is 64.7 cm³/mol. The Labute approximate surface area is 91.6 Å². The van der Waals surface area contributed by atoms with Gasteiger partial charge in [0.25, 0.3) is 0 Å². The van der Waals surface area contributed by atoms with Crippen molar-refractivity contribution < 1.29 is 0 Å². The molecule has 1 aromatic heterocycles. The Morgan fingerprint density at radius 3 is 2.87 bits per heavy atom. The van der Waals surface area contributed by atoms with Crippen molar-refractivity contribution in [2.75, 3.05) is 25.4 Å². The Hall–Kier alpha value is -1.35. The van der Waals surface area contributed by atoms with Gasteiger partial charge < -0.3 is 5.73 Å². The van der Waals surface area contributed by atoms with Crippen molar-refractivity contribution in [2.45, 2.75) is 13.3 Å². The third-order valence-corrected chi connectivity index (χ3v) is 2.37. The number of rotatable bonds is 6. The maximum Gasteiger partial charge on any atom is 0.0501 e. The molecule has 0 amide bonds. The molecule has 3 nitrogen and oxygen atoms in total. The number of pyridine rings is 1. The summed E-state index contributed by atoms with van der Waals surface area (Å²) in [6, 6.07) is 3.88. The Balaban J connectivity index is 2.41. The van der Waals surface area contributed by atoms with E-state index in [1.54, 1.807) is 6.20 Å². The molecule has 2 N–H and O–H groups in total. The zero-order chi connectivity index (χ0) is 11.1. The Morgan fingerprint density at radius 2 is 2.33 bits per heavy atom. The minimum absolute atomic E-state index is 0.720. The molecule has 3 heteroatoms. The first-order chi connectivity index (χ1) is 7.26. The molecular formula is C12H19N3. The van der Waals surface area contributed by atoms with Crippen LogP contribution in [0.1, 0.15) is 12.6 Å². The molecule has 0 aliphatic carbocycles. The lowest BCUT2D eigenvalue weighted by Gasteiger charge is -2.17. The minimum atomic E-state index is 0.720. The summed E-state index contributed by atoms with van der Waals surface area (Å²) in [6.45, 7) is 8.89. The molecule has 1 rings (SSSR count). The van der Waals surface area contributed by atoms with Gasteiger partial charge in [-0.1, -0.05) is 13.0 Å². The van der Waals surface area contributed by atoms with E-state index in [0.717, 1.165) is 37.4 Å². The van der Waals surface area contributed by atoms with Crippen molar-refractivity contribution in [2.24, 2.45) is 0 Å². The summed E-state index contributed by atoms with van der Waals surface area (Å²) >= 11 is 0. The fourth-order valence-corrected chi connectivity index (χ4v) is 1.42. The van der Waals surface area contributed by atoms with Gasteiger partial charge in [-0.25, -0.2) is 0 Å². The smallest absolute Gasteiger partial charge is 0.0501 e. The standard InChI is InChI=1S/C12H19N3/c1-3-8-15(4-2)9-7-12-6-5-11(13)10-14-12/h3,5-6,10H,1,4,7-9,13H2,2H3. The highest BCUT2D eigenvalue weighted by molar-refractivity contribution is 5.34. The minimum Gasteiger partial charge on any atom is -0.397 e. The van der Waals surface area contributed by atoms with Gasteiger partial charge in [-0.05, 0) is 18.7 Å². The third-order valence-electron chi connectivity index (χ3n) is 2.37. The summed E-state index contributed by atoms with van der Waals surface area (Å²) in [5.41, 5.74) is 7.38. The van der Waals surface area contributed by atoms with Gasteiger partial charge in [0, 0.05) is 25.2 Å². The van der Waals surface area contributed by atoms with E-state index in [1.165, 1.54) is 0 Å². The average Bonchev–Trinajstić information content (AvgIpc) is 2.26. The molecule has 0 aliphatic rings. The molecule has 0 aromatic carbocycles. The number of nitrogens with two attached hydrogens (primary N) is 1. The van der Waals surface area contributed by atoms with Crippen molar-refractivity contribution >= 4 is 5.69 Å². The van der Waals surface area contributed by atoms with Gasteiger partial charge >= 0.3 is 0 Å². The lowest BCUT2D eigenvalue weighted by molar-refractivity contribution is 0.322. The maximum atomic E-state index is 5.57. The lowest BCUT2D eigenvalue weighted by atomic mass is 10.2. The SMILES string of the molecule is C=CCN(CC)CCc1ccc(N)cn1. The van der Waals surface area contributed by atoms with Crippen LogP contribution in [0.15, 0.2) is 31.0 Å². The molecule has 0 atom stereocenters. The van der Waals surface area contributed by atoms with Crippen LogP contribution in [-0.2, 0) is 6.42 Å². The van der Waals surface area contributed by atoms with Crippen LogP contribution in [0.3, 0.4) is 0 Å². The summed E-state index contributed by atoms with van der Waals surface area (Å²) in [4.78, 5) is 6.59. The summed E-state index contributed by atoms with van der Waals surface area (Å²) in [7, 11) is 0. The molecule has 1 aromatic rings. The van der Waals surface area contributed by atoms with E-state index in [2.05, 4.69) is 23.4 Å². The van der Waals surface area contributed by atoms with Gasteiger partial charge in [0.2, 0.25) is 0 Å². The molecule has 0 spiro atoms. The monoisotopic (exact) mass is 205 g/mol. The fraction of sp³-hybridized carbons (Fsp3) is 0.417. The normalized spacial score (nSPS) is 10.5. The van der Waals surface area contributed by atoms with Crippen LogP contribution in [0.4, 0.5) is 5.69 Å². The maximum absolute atomic E-state index is 5.57. The van der Waals surface area contributed by atoms with Gasteiger partial charge in [0.1, 0.15) is 0 Å². The molecule has 0 aliphatic heterocycles. The molecule has 0 fully saturated rings. The second-order valence-electron chi connectivity index (χ2n) is 3.51. The highest BCUT2D eigenvalue weighted by Crippen LogP contribution is 2.02. The van der Waals surface area contributed by atoms with Crippen molar-refractivity contribution in [1.29, 1.82) is 0 Å².